The van der Waals surface area contributed by atoms with E-state index in [1.54, 1.807) is 42.5 Å². The van der Waals surface area contributed by atoms with Crippen molar-refractivity contribution in [1.29, 1.82) is 0 Å². The van der Waals surface area contributed by atoms with Crippen LogP contribution in [0.2, 0.25) is 0 Å². The van der Waals surface area contributed by atoms with Gasteiger partial charge in [0.15, 0.2) is 11.5 Å². The number of carbonyl (C=O) groups excluding carboxylic acids is 2. The zero-order chi connectivity index (χ0) is 23.6. The van der Waals surface area contributed by atoms with Gasteiger partial charge >= 0.3 is 0 Å². The first kappa shape index (κ1) is 23.6. The van der Waals surface area contributed by atoms with Crippen LogP contribution in [0.5, 0.6) is 17.2 Å². The van der Waals surface area contributed by atoms with E-state index in [9.17, 15) is 9.59 Å². The first-order chi connectivity index (χ1) is 16.0. The molecule has 0 saturated carbocycles. The molecule has 1 aromatic heterocycles. The third-order valence-corrected chi connectivity index (χ3v) is 5.24. The molecule has 8 nitrogen and oxygen atoms in total. The first-order valence-electron chi connectivity index (χ1n) is 9.80. The number of methoxy groups -OCH3 is 3. The largest absolute Gasteiger partial charge is 0.493 e. The van der Waals surface area contributed by atoms with Crippen molar-refractivity contribution in [2.75, 3.05) is 21.3 Å². The van der Waals surface area contributed by atoms with Crippen LogP contribution < -0.4 is 25.0 Å². The van der Waals surface area contributed by atoms with Gasteiger partial charge in [-0.05, 0) is 41.8 Å². The molecule has 2 N–H and O–H groups in total. The van der Waals surface area contributed by atoms with E-state index in [0.29, 0.717) is 28.4 Å². The Kier molecular flexibility index (Phi) is 8.20. The van der Waals surface area contributed by atoms with Gasteiger partial charge in [0.05, 0.1) is 27.5 Å². The standard InChI is InChI=1S/C24H23N3O5S/c1-30-20-12-16(13-21(31-2)22(20)32-3)15-25-27-24(29)19(14-18-10-7-11-33-18)26-23(28)17-8-5-4-6-9-17/h4-15H,1-3H3,(H,26,28)(H,27,29). The normalized spacial score (nSPS) is 11.2. The second kappa shape index (κ2) is 11.5. The minimum Gasteiger partial charge on any atom is -0.493 e. The molecule has 3 aromatic rings. The molecule has 33 heavy (non-hydrogen) atoms. The summed E-state index contributed by atoms with van der Waals surface area (Å²) in [5.41, 5.74) is 3.55. The van der Waals surface area contributed by atoms with Crippen molar-refractivity contribution in [2.45, 2.75) is 0 Å². The van der Waals surface area contributed by atoms with Gasteiger partial charge in [-0.25, -0.2) is 5.43 Å². The molecular weight excluding hydrogens is 442 g/mol. The van der Waals surface area contributed by atoms with Crippen molar-refractivity contribution in [3.63, 3.8) is 0 Å². The summed E-state index contributed by atoms with van der Waals surface area (Å²) in [6, 6.07) is 15.7. The predicted molar refractivity (Wildman–Crippen MR) is 128 cm³/mol. The maximum absolute atomic E-state index is 12.8. The summed E-state index contributed by atoms with van der Waals surface area (Å²) >= 11 is 1.44. The molecule has 0 aliphatic rings. The van der Waals surface area contributed by atoms with Crippen LogP contribution in [-0.2, 0) is 4.79 Å². The van der Waals surface area contributed by atoms with Crippen molar-refractivity contribution in [3.8, 4) is 17.2 Å². The van der Waals surface area contributed by atoms with E-state index in [2.05, 4.69) is 15.8 Å². The number of nitrogens with one attached hydrogen (secondary N) is 2. The predicted octanol–water partition coefficient (Wildman–Crippen LogP) is 3.70. The summed E-state index contributed by atoms with van der Waals surface area (Å²) in [7, 11) is 4.54. The molecule has 0 radical (unpaired) electrons. The van der Waals surface area contributed by atoms with Crippen molar-refractivity contribution in [2.24, 2.45) is 5.10 Å². The van der Waals surface area contributed by atoms with Crippen LogP contribution >= 0.6 is 11.3 Å². The lowest BCUT2D eigenvalue weighted by atomic mass is 10.2. The van der Waals surface area contributed by atoms with Crippen molar-refractivity contribution >= 4 is 35.4 Å². The van der Waals surface area contributed by atoms with E-state index in [1.807, 2.05) is 23.6 Å². The summed E-state index contributed by atoms with van der Waals surface area (Å²) in [5, 5.41) is 8.55. The fourth-order valence-corrected chi connectivity index (χ4v) is 3.52. The highest BCUT2D eigenvalue weighted by Gasteiger charge is 2.15. The minimum atomic E-state index is -0.573. The summed E-state index contributed by atoms with van der Waals surface area (Å²) < 4.78 is 15.9. The summed E-state index contributed by atoms with van der Waals surface area (Å²) in [5.74, 6) is 0.389. The topological polar surface area (TPSA) is 98.2 Å². The maximum atomic E-state index is 12.8. The van der Waals surface area contributed by atoms with E-state index in [1.165, 1.54) is 38.9 Å². The number of hydrazone groups is 1. The van der Waals surface area contributed by atoms with Crippen LogP contribution in [-0.4, -0.2) is 39.4 Å². The van der Waals surface area contributed by atoms with Gasteiger partial charge in [-0.1, -0.05) is 24.3 Å². The van der Waals surface area contributed by atoms with E-state index in [0.717, 1.165) is 4.88 Å². The van der Waals surface area contributed by atoms with Crippen LogP contribution in [0.1, 0.15) is 20.8 Å². The molecule has 170 valence electrons. The molecule has 0 spiro atoms. The van der Waals surface area contributed by atoms with E-state index < -0.39 is 11.8 Å². The van der Waals surface area contributed by atoms with Gasteiger partial charge in [-0.3, -0.25) is 9.59 Å². The Bertz CT molecular complexity index is 1130. The Labute approximate surface area is 195 Å². The van der Waals surface area contributed by atoms with Crippen LogP contribution in [0.15, 0.2) is 70.8 Å². The summed E-state index contributed by atoms with van der Waals surface area (Å²) in [6.45, 7) is 0. The SMILES string of the molecule is COc1cc(C=NNC(=O)C(=Cc2cccs2)NC(=O)c2ccccc2)cc(OC)c1OC. The zero-order valence-corrected chi connectivity index (χ0v) is 19.1. The smallest absolute Gasteiger partial charge is 0.287 e. The Morgan fingerprint density at radius 3 is 2.21 bits per heavy atom. The van der Waals surface area contributed by atoms with E-state index in [4.69, 9.17) is 14.2 Å². The van der Waals surface area contributed by atoms with Crippen LogP contribution in [0.25, 0.3) is 6.08 Å². The molecule has 9 heteroatoms. The lowest BCUT2D eigenvalue weighted by Gasteiger charge is -2.12. The van der Waals surface area contributed by atoms with Gasteiger partial charge in [0, 0.05) is 16.0 Å². The third kappa shape index (κ3) is 6.20. The average molecular weight is 466 g/mol. The molecule has 0 atom stereocenters. The molecular formula is C24H23N3O5S. The monoisotopic (exact) mass is 465 g/mol. The van der Waals surface area contributed by atoms with Crippen LogP contribution in [0.4, 0.5) is 0 Å². The quantitative estimate of drug-likeness (QED) is 0.285. The second-order valence-electron chi connectivity index (χ2n) is 6.55. The van der Waals surface area contributed by atoms with Crippen molar-refractivity contribution in [1.82, 2.24) is 10.7 Å². The molecule has 0 unspecified atom stereocenters. The Morgan fingerprint density at radius 1 is 0.939 bits per heavy atom. The molecule has 1 heterocycles. The molecule has 0 saturated heterocycles. The van der Waals surface area contributed by atoms with E-state index in [-0.39, 0.29) is 5.70 Å². The number of ether oxygens (including phenoxy) is 3. The van der Waals surface area contributed by atoms with Gasteiger partial charge < -0.3 is 19.5 Å². The first-order valence-corrected chi connectivity index (χ1v) is 10.7. The van der Waals surface area contributed by atoms with Gasteiger partial charge in [0.25, 0.3) is 11.8 Å². The fourth-order valence-electron chi connectivity index (χ4n) is 2.86. The number of amides is 2. The van der Waals surface area contributed by atoms with Crippen LogP contribution in [0.3, 0.4) is 0 Å². The third-order valence-electron chi connectivity index (χ3n) is 4.43. The number of nitrogens with zero attached hydrogens (tertiary/aromatic N) is 1. The number of hydrogen-bond donors (Lipinski definition) is 2. The highest BCUT2D eigenvalue weighted by atomic mass is 32.1. The molecule has 2 amide bonds. The van der Waals surface area contributed by atoms with Gasteiger partial charge in [0.2, 0.25) is 5.75 Å². The van der Waals surface area contributed by atoms with Crippen molar-refractivity contribution < 1.29 is 23.8 Å². The Morgan fingerprint density at radius 2 is 1.64 bits per heavy atom. The number of hydrogen-bond acceptors (Lipinski definition) is 7. The molecule has 2 aromatic carbocycles. The molecule has 0 fully saturated rings. The highest BCUT2D eigenvalue weighted by Crippen LogP contribution is 2.37. The number of rotatable bonds is 9. The van der Waals surface area contributed by atoms with Crippen LogP contribution in [0, 0.1) is 0 Å². The number of carbonyl (C=O) groups is 2. The minimum absolute atomic E-state index is 0.0633. The molecule has 3 rings (SSSR count). The van der Waals surface area contributed by atoms with Gasteiger partial charge in [-0.15, -0.1) is 11.3 Å². The fraction of sp³-hybridized carbons (Fsp3) is 0.125. The van der Waals surface area contributed by atoms with E-state index >= 15 is 0 Å². The summed E-state index contributed by atoms with van der Waals surface area (Å²) in [6.07, 6.45) is 3.03. The second-order valence-corrected chi connectivity index (χ2v) is 7.53. The molecule has 0 bridgehead atoms. The maximum Gasteiger partial charge on any atom is 0.287 e. The average Bonchev–Trinajstić information content (AvgIpc) is 3.36. The molecule has 0 aliphatic carbocycles. The lowest BCUT2D eigenvalue weighted by molar-refractivity contribution is -0.117. The van der Waals surface area contributed by atoms with Gasteiger partial charge in [0.1, 0.15) is 5.70 Å². The Balaban J connectivity index is 1.78. The number of benzene rings is 2. The molecule has 0 aliphatic heterocycles. The van der Waals surface area contributed by atoms with Gasteiger partial charge in [-0.2, -0.15) is 5.10 Å². The highest BCUT2D eigenvalue weighted by molar-refractivity contribution is 7.10. The summed E-state index contributed by atoms with van der Waals surface area (Å²) in [4.78, 5) is 26.2. The number of thiophene rings is 1. The van der Waals surface area contributed by atoms with Crippen molar-refractivity contribution in [3.05, 3.63) is 81.7 Å². The Hall–Kier alpha value is -4.11. The lowest BCUT2D eigenvalue weighted by Crippen LogP contribution is -2.32. The zero-order valence-electron chi connectivity index (χ0n) is 18.3.